The maximum absolute atomic E-state index is 9.19. The van der Waals surface area contributed by atoms with Crippen molar-refractivity contribution in [3.63, 3.8) is 0 Å². The van der Waals surface area contributed by atoms with E-state index in [2.05, 4.69) is 0 Å². The Morgan fingerprint density at radius 1 is 1.50 bits per heavy atom. The number of hydrogen-bond acceptors (Lipinski definition) is 2. The first-order chi connectivity index (χ1) is 5.76. The third-order valence-corrected chi connectivity index (χ3v) is 2.43. The second kappa shape index (κ2) is 2.49. The summed E-state index contributed by atoms with van der Waals surface area (Å²) in [7, 11) is 0. The normalized spacial score (nSPS) is 26.5. The van der Waals surface area contributed by atoms with Crippen LogP contribution in [0.2, 0.25) is 0 Å². The molecular formula is C10H12O2. The van der Waals surface area contributed by atoms with E-state index in [1.54, 1.807) is 0 Å². The maximum atomic E-state index is 9.19. The number of benzene rings is 1. The van der Waals surface area contributed by atoms with E-state index in [1.807, 2.05) is 31.2 Å². The molecule has 0 radical (unpaired) electrons. The van der Waals surface area contributed by atoms with Crippen molar-refractivity contribution in [2.45, 2.75) is 12.3 Å². The van der Waals surface area contributed by atoms with E-state index in [0.29, 0.717) is 6.61 Å². The van der Waals surface area contributed by atoms with E-state index >= 15 is 0 Å². The van der Waals surface area contributed by atoms with Crippen molar-refractivity contribution < 1.29 is 9.84 Å². The zero-order valence-electron chi connectivity index (χ0n) is 7.08. The Hall–Kier alpha value is -1.02. The quantitative estimate of drug-likeness (QED) is 0.678. The van der Waals surface area contributed by atoms with E-state index < -0.39 is 0 Å². The molecule has 2 heteroatoms. The van der Waals surface area contributed by atoms with Crippen LogP contribution in [0, 0.1) is 0 Å². The molecular weight excluding hydrogens is 152 g/mol. The van der Waals surface area contributed by atoms with Crippen molar-refractivity contribution >= 4 is 0 Å². The molecule has 1 aromatic rings. The van der Waals surface area contributed by atoms with Crippen LogP contribution in [0.4, 0.5) is 0 Å². The van der Waals surface area contributed by atoms with Crippen LogP contribution in [-0.2, 0) is 5.41 Å². The highest BCUT2D eigenvalue weighted by Crippen LogP contribution is 2.37. The number of para-hydroxylation sites is 1. The van der Waals surface area contributed by atoms with Crippen molar-refractivity contribution in [1.29, 1.82) is 0 Å². The molecule has 0 saturated carbocycles. The third-order valence-electron chi connectivity index (χ3n) is 2.43. The Morgan fingerprint density at radius 3 is 3.00 bits per heavy atom. The third kappa shape index (κ3) is 0.916. The summed E-state index contributed by atoms with van der Waals surface area (Å²) in [6, 6.07) is 7.87. The summed E-state index contributed by atoms with van der Waals surface area (Å²) in [5.41, 5.74) is 0.920. The van der Waals surface area contributed by atoms with Crippen molar-refractivity contribution in [1.82, 2.24) is 0 Å². The number of hydrogen-bond donors (Lipinski definition) is 1. The number of rotatable bonds is 1. The van der Waals surface area contributed by atoms with E-state index in [4.69, 9.17) is 4.74 Å². The van der Waals surface area contributed by atoms with Crippen LogP contribution in [-0.4, -0.2) is 18.3 Å². The van der Waals surface area contributed by atoms with Gasteiger partial charge in [0.1, 0.15) is 5.75 Å². The monoisotopic (exact) mass is 164 g/mol. The number of fused-ring (bicyclic) bond motifs is 1. The van der Waals surface area contributed by atoms with Crippen LogP contribution in [0.5, 0.6) is 5.75 Å². The molecule has 0 amide bonds. The lowest BCUT2D eigenvalue weighted by molar-refractivity contribution is 0.171. The Morgan fingerprint density at radius 2 is 2.25 bits per heavy atom. The lowest BCUT2D eigenvalue weighted by Gasteiger charge is -2.18. The van der Waals surface area contributed by atoms with Gasteiger partial charge < -0.3 is 9.84 Å². The summed E-state index contributed by atoms with van der Waals surface area (Å²) in [5.74, 6) is 0.911. The molecule has 1 atom stereocenters. The Labute approximate surface area is 71.8 Å². The van der Waals surface area contributed by atoms with Gasteiger partial charge in [0.15, 0.2) is 0 Å². The Bertz CT molecular complexity index is 296. The smallest absolute Gasteiger partial charge is 0.123 e. The van der Waals surface area contributed by atoms with Gasteiger partial charge in [-0.1, -0.05) is 18.2 Å². The molecule has 2 rings (SSSR count). The Balaban J connectivity index is 2.49. The summed E-state index contributed by atoms with van der Waals surface area (Å²) in [5, 5.41) is 9.19. The molecule has 12 heavy (non-hydrogen) atoms. The molecule has 0 unspecified atom stereocenters. The first-order valence-electron chi connectivity index (χ1n) is 4.09. The standard InChI is InChI=1S/C10H12O2/c1-10(6-11)7-12-9-5-3-2-4-8(9)10/h2-5,11H,6-7H2,1H3/t10-/m0/s1. The summed E-state index contributed by atoms with van der Waals surface area (Å²) >= 11 is 0. The lowest BCUT2D eigenvalue weighted by Crippen LogP contribution is -2.28. The highest BCUT2D eigenvalue weighted by Gasteiger charge is 2.35. The molecule has 1 heterocycles. The zero-order valence-corrected chi connectivity index (χ0v) is 7.08. The number of aliphatic hydroxyl groups excluding tert-OH is 1. The first-order valence-corrected chi connectivity index (χ1v) is 4.09. The van der Waals surface area contributed by atoms with Crippen molar-refractivity contribution in [2.75, 3.05) is 13.2 Å². The van der Waals surface area contributed by atoms with Crippen LogP contribution >= 0.6 is 0 Å². The predicted octanol–water partition coefficient (Wildman–Crippen LogP) is 1.33. The van der Waals surface area contributed by atoms with Gasteiger partial charge in [0, 0.05) is 5.56 Å². The van der Waals surface area contributed by atoms with Gasteiger partial charge in [0.05, 0.1) is 18.6 Å². The Kier molecular flexibility index (Phi) is 1.58. The molecule has 2 nitrogen and oxygen atoms in total. The van der Waals surface area contributed by atoms with E-state index in [0.717, 1.165) is 11.3 Å². The van der Waals surface area contributed by atoms with Gasteiger partial charge in [0.25, 0.3) is 0 Å². The van der Waals surface area contributed by atoms with Crippen LogP contribution in [0.15, 0.2) is 24.3 Å². The van der Waals surface area contributed by atoms with Crippen LogP contribution in [0.25, 0.3) is 0 Å². The molecule has 0 spiro atoms. The lowest BCUT2D eigenvalue weighted by atomic mass is 9.86. The second-order valence-corrected chi connectivity index (χ2v) is 3.50. The first kappa shape index (κ1) is 7.62. The fourth-order valence-corrected chi connectivity index (χ4v) is 1.54. The summed E-state index contributed by atoms with van der Waals surface area (Å²) in [4.78, 5) is 0. The molecule has 0 bridgehead atoms. The van der Waals surface area contributed by atoms with Crippen LogP contribution in [0.1, 0.15) is 12.5 Å². The van der Waals surface area contributed by atoms with E-state index in [1.165, 1.54) is 0 Å². The molecule has 0 saturated heterocycles. The van der Waals surface area contributed by atoms with Gasteiger partial charge in [-0.15, -0.1) is 0 Å². The van der Waals surface area contributed by atoms with Gasteiger partial charge in [-0.2, -0.15) is 0 Å². The molecule has 1 aliphatic rings. The minimum Gasteiger partial charge on any atom is -0.492 e. The van der Waals surface area contributed by atoms with Gasteiger partial charge in [-0.05, 0) is 13.0 Å². The minimum atomic E-state index is -0.198. The number of ether oxygens (including phenoxy) is 1. The summed E-state index contributed by atoms with van der Waals surface area (Å²) < 4.78 is 5.44. The molecule has 1 N–H and O–H groups in total. The highest BCUT2D eigenvalue weighted by molar-refractivity contribution is 5.42. The fourth-order valence-electron chi connectivity index (χ4n) is 1.54. The van der Waals surface area contributed by atoms with Gasteiger partial charge >= 0.3 is 0 Å². The second-order valence-electron chi connectivity index (χ2n) is 3.50. The van der Waals surface area contributed by atoms with Crippen molar-refractivity contribution in [3.05, 3.63) is 29.8 Å². The van der Waals surface area contributed by atoms with Crippen LogP contribution < -0.4 is 4.74 Å². The average Bonchev–Trinajstić information content (AvgIpc) is 2.46. The molecule has 64 valence electrons. The molecule has 0 aromatic heterocycles. The minimum absolute atomic E-state index is 0.143. The van der Waals surface area contributed by atoms with E-state index in [9.17, 15) is 5.11 Å². The van der Waals surface area contributed by atoms with Gasteiger partial charge in [0.2, 0.25) is 0 Å². The molecule has 0 fully saturated rings. The molecule has 0 aliphatic carbocycles. The average molecular weight is 164 g/mol. The maximum Gasteiger partial charge on any atom is 0.123 e. The van der Waals surface area contributed by atoms with Crippen molar-refractivity contribution in [3.8, 4) is 5.75 Å². The SMILES string of the molecule is C[C@]1(CO)COc2ccccc21. The van der Waals surface area contributed by atoms with Gasteiger partial charge in [-0.25, -0.2) is 0 Å². The molecule has 1 aromatic carbocycles. The fraction of sp³-hybridized carbons (Fsp3) is 0.400. The van der Waals surface area contributed by atoms with Crippen LogP contribution in [0.3, 0.4) is 0 Å². The summed E-state index contributed by atoms with van der Waals surface area (Å²) in [6.07, 6.45) is 0. The zero-order chi connectivity index (χ0) is 8.60. The molecule has 1 aliphatic heterocycles. The summed E-state index contributed by atoms with van der Waals surface area (Å²) in [6.45, 7) is 2.74. The highest BCUT2D eigenvalue weighted by atomic mass is 16.5. The van der Waals surface area contributed by atoms with Crippen molar-refractivity contribution in [2.24, 2.45) is 0 Å². The largest absolute Gasteiger partial charge is 0.492 e. The topological polar surface area (TPSA) is 29.5 Å². The number of aliphatic hydroxyl groups is 1. The van der Waals surface area contributed by atoms with Gasteiger partial charge in [-0.3, -0.25) is 0 Å². The van der Waals surface area contributed by atoms with E-state index in [-0.39, 0.29) is 12.0 Å². The predicted molar refractivity (Wildman–Crippen MR) is 46.4 cm³/mol.